The van der Waals surface area contributed by atoms with Gasteiger partial charge in [0.05, 0.1) is 11.4 Å². The van der Waals surface area contributed by atoms with Crippen molar-refractivity contribution in [1.82, 2.24) is 19.6 Å². The Morgan fingerprint density at radius 1 is 1.25 bits per heavy atom. The molecule has 0 unspecified atom stereocenters. The molecule has 20 heavy (non-hydrogen) atoms. The highest BCUT2D eigenvalue weighted by Crippen LogP contribution is 2.29. The fraction of sp³-hybridized carbons (Fsp3) is 0.533. The van der Waals surface area contributed by atoms with Crippen molar-refractivity contribution in [2.75, 3.05) is 0 Å². The summed E-state index contributed by atoms with van der Waals surface area (Å²) in [5.74, 6) is 0.644. The highest BCUT2D eigenvalue weighted by Gasteiger charge is 2.24. The molecule has 5 heteroatoms. The zero-order valence-corrected chi connectivity index (χ0v) is 12.8. The maximum atomic E-state index is 12.5. The Hall–Kier alpha value is -1.91. The summed E-state index contributed by atoms with van der Waals surface area (Å²) >= 11 is 0. The summed E-state index contributed by atoms with van der Waals surface area (Å²) in [7, 11) is 0. The average Bonchev–Trinajstić information content (AvgIpc) is 3.04. The highest BCUT2D eigenvalue weighted by atomic mass is 16.2. The van der Waals surface area contributed by atoms with Crippen molar-refractivity contribution < 1.29 is 4.79 Å². The van der Waals surface area contributed by atoms with E-state index in [4.69, 9.17) is 0 Å². The molecule has 0 amide bonds. The quantitative estimate of drug-likeness (QED) is 0.862. The number of hydrogen-bond donors (Lipinski definition) is 0. The third-order valence-corrected chi connectivity index (χ3v) is 3.39. The van der Waals surface area contributed by atoms with Gasteiger partial charge in [0.1, 0.15) is 0 Å². The molecule has 0 spiro atoms. The first-order valence-electron chi connectivity index (χ1n) is 7.13. The minimum absolute atomic E-state index is 0.222. The molecular formula is C15H22N4O. The summed E-state index contributed by atoms with van der Waals surface area (Å²) in [5.41, 5.74) is 3.20. The largest absolute Gasteiger partial charge is 0.369 e. The zero-order chi connectivity index (χ0) is 14.9. The van der Waals surface area contributed by atoms with Crippen LogP contribution in [-0.2, 0) is 6.42 Å². The maximum absolute atomic E-state index is 12.5. The van der Waals surface area contributed by atoms with Crippen LogP contribution in [0.25, 0.3) is 0 Å². The van der Waals surface area contributed by atoms with Crippen LogP contribution in [0.3, 0.4) is 0 Å². The van der Waals surface area contributed by atoms with Crippen LogP contribution in [0.1, 0.15) is 63.4 Å². The van der Waals surface area contributed by atoms with Crippen LogP contribution in [0.4, 0.5) is 4.79 Å². The normalized spacial score (nSPS) is 11.6. The van der Waals surface area contributed by atoms with Gasteiger partial charge in [-0.3, -0.25) is 0 Å². The predicted molar refractivity (Wildman–Crippen MR) is 78.2 cm³/mol. The first kappa shape index (κ1) is 14.5. The van der Waals surface area contributed by atoms with Crippen LogP contribution in [-0.4, -0.2) is 25.6 Å². The minimum atomic E-state index is -0.222. The zero-order valence-electron chi connectivity index (χ0n) is 12.8. The fourth-order valence-electron chi connectivity index (χ4n) is 2.52. The molecule has 2 rings (SSSR count). The van der Waals surface area contributed by atoms with Crippen LogP contribution in [0.5, 0.6) is 0 Å². The monoisotopic (exact) mass is 274 g/mol. The number of aromatic nitrogens is 4. The van der Waals surface area contributed by atoms with Crippen LogP contribution < -0.4 is 0 Å². The Bertz CT molecular complexity index is 594. The molecule has 0 aliphatic heterocycles. The second kappa shape index (κ2) is 5.61. The van der Waals surface area contributed by atoms with Crippen molar-refractivity contribution in [2.24, 2.45) is 0 Å². The Balaban J connectivity index is 2.59. The van der Waals surface area contributed by atoms with Crippen molar-refractivity contribution in [2.45, 2.75) is 52.9 Å². The smallest absolute Gasteiger partial charge is 0.244 e. The van der Waals surface area contributed by atoms with Gasteiger partial charge in [0.2, 0.25) is 0 Å². The summed E-state index contributed by atoms with van der Waals surface area (Å²) in [6.45, 7) is 10.6. The average molecular weight is 274 g/mol. The van der Waals surface area contributed by atoms with Gasteiger partial charge >= 0.3 is 6.03 Å². The SMILES string of the molecule is CCc1c(C(C)C)c(C(C)C)nn1C(=O)n1cccn1. The van der Waals surface area contributed by atoms with Crippen molar-refractivity contribution in [3.05, 3.63) is 35.4 Å². The predicted octanol–water partition coefficient (Wildman–Crippen LogP) is 3.41. The van der Waals surface area contributed by atoms with Gasteiger partial charge in [-0.05, 0) is 29.9 Å². The molecule has 5 nitrogen and oxygen atoms in total. The summed E-state index contributed by atoms with van der Waals surface area (Å²) < 4.78 is 2.83. The lowest BCUT2D eigenvalue weighted by Crippen LogP contribution is -2.23. The Morgan fingerprint density at radius 2 is 1.95 bits per heavy atom. The van der Waals surface area contributed by atoms with Crippen LogP contribution in [0.2, 0.25) is 0 Å². The van der Waals surface area contributed by atoms with E-state index in [2.05, 4.69) is 44.8 Å². The molecule has 0 radical (unpaired) electrons. The summed E-state index contributed by atoms with van der Waals surface area (Å²) in [4.78, 5) is 12.5. The maximum Gasteiger partial charge on any atom is 0.369 e. The Labute approximate surface area is 119 Å². The van der Waals surface area contributed by atoms with E-state index in [0.29, 0.717) is 11.8 Å². The molecule has 0 N–H and O–H groups in total. The molecule has 0 fully saturated rings. The van der Waals surface area contributed by atoms with E-state index >= 15 is 0 Å². The molecule has 2 heterocycles. The molecule has 0 aliphatic rings. The van der Waals surface area contributed by atoms with Gasteiger partial charge < -0.3 is 0 Å². The first-order chi connectivity index (χ1) is 9.47. The van der Waals surface area contributed by atoms with E-state index in [0.717, 1.165) is 17.8 Å². The van der Waals surface area contributed by atoms with E-state index in [1.165, 1.54) is 14.9 Å². The third kappa shape index (κ3) is 2.40. The minimum Gasteiger partial charge on any atom is -0.244 e. The van der Waals surface area contributed by atoms with Crippen LogP contribution >= 0.6 is 0 Å². The Morgan fingerprint density at radius 3 is 2.40 bits per heavy atom. The highest BCUT2D eigenvalue weighted by molar-refractivity contribution is 5.78. The summed E-state index contributed by atoms with van der Waals surface area (Å²) in [6.07, 6.45) is 4.02. The van der Waals surface area contributed by atoms with Crippen LogP contribution in [0, 0.1) is 0 Å². The van der Waals surface area contributed by atoms with Gasteiger partial charge in [-0.2, -0.15) is 19.6 Å². The summed E-state index contributed by atoms with van der Waals surface area (Å²) in [5, 5.41) is 8.57. The van der Waals surface area contributed by atoms with Gasteiger partial charge in [-0.1, -0.05) is 34.6 Å². The molecule has 0 aromatic carbocycles. The van der Waals surface area contributed by atoms with Gasteiger partial charge in [-0.25, -0.2) is 4.79 Å². The Kier molecular flexibility index (Phi) is 4.06. The second-order valence-corrected chi connectivity index (χ2v) is 5.55. The van der Waals surface area contributed by atoms with Gasteiger partial charge in [0.15, 0.2) is 0 Å². The molecule has 0 atom stereocenters. The van der Waals surface area contributed by atoms with E-state index in [9.17, 15) is 4.79 Å². The lowest BCUT2D eigenvalue weighted by Gasteiger charge is -2.10. The van der Waals surface area contributed by atoms with Gasteiger partial charge in [0.25, 0.3) is 0 Å². The van der Waals surface area contributed by atoms with Gasteiger partial charge in [-0.15, -0.1) is 0 Å². The summed E-state index contributed by atoms with van der Waals surface area (Å²) in [6, 6.07) is 1.51. The lowest BCUT2D eigenvalue weighted by molar-refractivity contribution is 0.237. The number of carbonyl (C=O) groups excluding carboxylic acids is 1. The molecule has 0 bridgehead atoms. The van der Waals surface area contributed by atoms with E-state index < -0.39 is 0 Å². The van der Waals surface area contributed by atoms with E-state index in [-0.39, 0.29) is 6.03 Å². The number of carbonyl (C=O) groups is 1. The van der Waals surface area contributed by atoms with Crippen molar-refractivity contribution in [3.8, 4) is 0 Å². The van der Waals surface area contributed by atoms with Crippen molar-refractivity contribution in [1.29, 1.82) is 0 Å². The molecule has 2 aromatic heterocycles. The molecular weight excluding hydrogens is 252 g/mol. The number of nitrogens with zero attached hydrogens (tertiary/aromatic N) is 4. The molecule has 108 valence electrons. The third-order valence-electron chi connectivity index (χ3n) is 3.39. The standard InChI is InChI=1S/C15H22N4O/c1-6-12-13(10(2)3)14(11(4)5)17-19(12)15(20)18-9-7-8-16-18/h7-11H,6H2,1-5H3. The van der Waals surface area contributed by atoms with Crippen molar-refractivity contribution in [3.63, 3.8) is 0 Å². The van der Waals surface area contributed by atoms with E-state index in [1.54, 1.807) is 18.5 Å². The fourth-order valence-corrected chi connectivity index (χ4v) is 2.52. The second-order valence-electron chi connectivity index (χ2n) is 5.55. The number of rotatable bonds is 3. The lowest BCUT2D eigenvalue weighted by atomic mass is 9.94. The number of hydrogen-bond acceptors (Lipinski definition) is 3. The van der Waals surface area contributed by atoms with Gasteiger partial charge in [0, 0.05) is 12.4 Å². The van der Waals surface area contributed by atoms with Crippen molar-refractivity contribution >= 4 is 6.03 Å². The first-order valence-corrected chi connectivity index (χ1v) is 7.13. The molecule has 0 saturated heterocycles. The topological polar surface area (TPSA) is 52.7 Å². The molecule has 0 saturated carbocycles. The molecule has 0 aliphatic carbocycles. The molecule has 2 aromatic rings. The van der Waals surface area contributed by atoms with E-state index in [1.807, 2.05) is 0 Å². The van der Waals surface area contributed by atoms with Crippen LogP contribution in [0.15, 0.2) is 18.5 Å².